The first kappa shape index (κ1) is 15.3. The molecule has 1 amide bonds. The van der Waals surface area contributed by atoms with Gasteiger partial charge in [-0.3, -0.25) is 4.79 Å². The quantitative estimate of drug-likeness (QED) is 0.607. The highest BCUT2D eigenvalue weighted by Gasteiger charge is 2.11. The zero-order valence-electron chi connectivity index (χ0n) is 10.8. The van der Waals surface area contributed by atoms with Gasteiger partial charge in [-0.2, -0.15) is 0 Å². The number of carbonyl (C=O) groups excluding carboxylic acids is 1. The fourth-order valence-electron chi connectivity index (χ4n) is 1.17. The number of hydrogen-bond acceptors (Lipinski definition) is 4. The van der Waals surface area contributed by atoms with Gasteiger partial charge in [0.1, 0.15) is 0 Å². The van der Waals surface area contributed by atoms with E-state index in [2.05, 4.69) is 24.1 Å². The van der Waals surface area contributed by atoms with Crippen molar-refractivity contribution in [1.82, 2.24) is 10.2 Å². The van der Waals surface area contributed by atoms with E-state index in [1.807, 2.05) is 7.05 Å². The first-order chi connectivity index (χ1) is 7.51. The lowest BCUT2D eigenvalue weighted by Crippen LogP contribution is -2.38. The molecule has 0 aliphatic carbocycles. The summed E-state index contributed by atoms with van der Waals surface area (Å²) in [4.78, 5) is 13.6. The predicted octanol–water partition coefficient (Wildman–Crippen LogP) is -0.193. The second kappa shape index (κ2) is 8.50. The minimum Gasteiger partial charge on any atom is -0.380 e. The summed E-state index contributed by atoms with van der Waals surface area (Å²) in [7, 11) is 3.60. The maximum Gasteiger partial charge on any atom is 0.222 e. The molecule has 0 rings (SSSR count). The van der Waals surface area contributed by atoms with Crippen molar-refractivity contribution in [3.8, 4) is 0 Å². The van der Waals surface area contributed by atoms with Gasteiger partial charge in [-0.25, -0.2) is 0 Å². The summed E-state index contributed by atoms with van der Waals surface area (Å²) >= 11 is 0. The van der Waals surface area contributed by atoms with Crippen LogP contribution in [0, 0.1) is 0 Å². The van der Waals surface area contributed by atoms with E-state index in [1.54, 1.807) is 7.11 Å². The molecule has 5 nitrogen and oxygen atoms in total. The van der Waals surface area contributed by atoms with E-state index in [1.165, 1.54) is 0 Å². The Bertz CT molecular complexity index is 194. The van der Waals surface area contributed by atoms with Crippen LogP contribution in [0.1, 0.15) is 20.3 Å². The van der Waals surface area contributed by atoms with Gasteiger partial charge in [-0.15, -0.1) is 0 Å². The maximum atomic E-state index is 11.5. The van der Waals surface area contributed by atoms with Gasteiger partial charge in [0.15, 0.2) is 0 Å². The molecule has 0 aromatic heterocycles. The van der Waals surface area contributed by atoms with Crippen LogP contribution in [0.5, 0.6) is 0 Å². The summed E-state index contributed by atoms with van der Waals surface area (Å²) in [6.45, 7) is 6.13. The third-order valence-electron chi connectivity index (χ3n) is 2.68. The Balaban J connectivity index is 3.65. The Kier molecular flexibility index (Phi) is 8.15. The highest BCUT2D eigenvalue weighted by molar-refractivity contribution is 5.76. The monoisotopic (exact) mass is 231 g/mol. The van der Waals surface area contributed by atoms with E-state index in [4.69, 9.17) is 10.5 Å². The number of amides is 1. The average molecular weight is 231 g/mol. The molecule has 0 radical (unpaired) electrons. The van der Waals surface area contributed by atoms with Crippen molar-refractivity contribution in [2.75, 3.05) is 33.8 Å². The van der Waals surface area contributed by atoms with Crippen LogP contribution in [0.4, 0.5) is 0 Å². The highest BCUT2D eigenvalue weighted by Crippen LogP contribution is 1.95. The lowest BCUT2D eigenvalue weighted by Gasteiger charge is -2.21. The number of nitrogens with one attached hydrogen (secondary N) is 1. The fourth-order valence-corrected chi connectivity index (χ4v) is 1.17. The minimum absolute atomic E-state index is 0.00513. The molecule has 96 valence electrons. The number of nitrogens with two attached hydrogens (primary N) is 1. The summed E-state index contributed by atoms with van der Waals surface area (Å²) in [5, 5.41) is 2.85. The second-order valence-electron chi connectivity index (χ2n) is 4.22. The maximum absolute atomic E-state index is 11.5. The van der Waals surface area contributed by atoms with Crippen LogP contribution < -0.4 is 11.1 Å². The molecule has 3 N–H and O–H groups in total. The number of hydrogen-bond donors (Lipinski definition) is 2. The first-order valence-corrected chi connectivity index (χ1v) is 5.71. The lowest BCUT2D eigenvalue weighted by atomic mass is 10.2. The van der Waals surface area contributed by atoms with Crippen LogP contribution in [-0.2, 0) is 9.53 Å². The normalized spacial score (nSPS) is 13.2. The van der Waals surface area contributed by atoms with Gasteiger partial charge in [-0.1, -0.05) is 0 Å². The van der Waals surface area contributed by atoms with E-state index in [0.29, 0.717) is 25.6 Å². The van der Waals surface area contributed by atoms with Crippen molar-refractivity contribution in [3.63, 3.8) is 0 Å². The molecule has 16 heavy (non-hydrogen) atoms. The Morgan fingerprint density at radius 2 is 2.12 bits per heavy atom. The fraction of sp³-hybridized carbons (Fsp3) is 0.909. The smallest absolute Gasteiger partial charge is 0.222 e. The standard InChI is InChI=1S/C11H25N3O2/c1-9(2)14(3)6-5-13-11(15)7-10(8-12)16-4/h9-10H,5-8,12H2,1-4H3,(H,13,15). The van der Waals surface area contributed by atoms with Crippen LogP contribution in [0.25, 0.3) is 0 Å². The predicted molar refractivity (Wildman–Crippen MR) is 65.2 cm³/mol. The number of carbonyl (C=O) groups is 1. The molecular weight excluding hydrogens is 206 g/mol. The zero-order valence-corrected chi connectivity index (χ0v) is 10.8. The van der Waals surface area contributed by atoms with E-state index >= 15 is 0 Å². The van der Waals surface area contributed by atoms with Crippen molar-refractivity contribution in [2.24, 2.45) is 5.73 Å². The molecule has 0 aliphatic rings. The van der Waals surface area contributed by atoms with E-state index < -0.39 is 0 Å². The Morgan fingerprint density at radius 1 is 1.50 bits per heavy atom. The molecular formula is C11H25N3O2. The Hall–Kier alpha value is -0.650. The SMILES string of the molecule is COC(CN)CC(=O)NCCN(C)C(C)C. The van der Waals surface area contributed by atoms with Crippen molar-refractivity contribution < 1.29 is 9.53 Å². The zero-order chi connectivity index (χ0) is 12.6. The summed E-state index contributed by atoms with van der Waals surface area (Å²) in [6.07, 6.45) is 0.154. The van der Waals surface area contributed by atoms with Gasteiger partial charge in [0.25, 0.3) is 0 Å². The number of ether oxygens (including phenoxy) is 1. The van der Waals surface area contributed by atoms with Gasteiger partial charge in [0, 0.05) is 32.8 Å². The molecule has 5 heteroatoms. The Labute approximate surface area is 98.3 Å². The molecule has 1 atom stereocenters. The molecule has 0 spiro atoms. The Morgan fingerprint density at radius 3 is 2.56 bits per heavy atom. The van der Waals surface area contributed by atoms with Crippen LogP contribution >= 0.6 is 0 Å². The van der Waals surface area contributed by atoms with Gasteiger partial charge in [0.05, 0.1) is 12.5 Å². The molecule has 1 unspecified atom stereocenters. The molecule has 0 bridgehead atoms. The van der Waals surface area contributed by atoms with E-state index in [0.717, 1.165) is 6.54 Å². The highest BCUT2D eigenvalue weighted by atomic mass is 16.5. The summed E-state index contributed by atoms with van der Waals surface area (Å²) in [5.41, 5.74) is 5.43. The van der Waals surface area contributed by atoms with Crippen molar-refractivity contribution in [3.05, 3.63) is 0 Å². The lowest BCUT2D eigenvalue weighted by molar-refractivity contribution is -0.123. The van der Waals surface area contributed by atoms with Gasteiger partial charge >= 0.3 is 0 Å². The van der Waals surface area contributed by atoms with Crippen LogP contribution in [0.15, 0.2) is 0 Å². The largest absolute Gasteiger partial charge is 0.380 e. The van der Waals surface area contributed by atoms with Gasteiger partial charge in [-0.05, 0) is 20.9 Å². The minimum atomic E-state index is -0.178. The topological polar surface area (TPSA) is 67.6 Å². The second-order valence-corrected chi connectivity index (χ2v) is 4.22. The molecule has 0 saturated heterocycles. The molecule has 0 aromatic rings. The molecule has 0 aromatic carbocycles. The van der Waals surface area contributed by atoms with E-state index in [-0.39, 0.29) is 12.0 Å². The van der Waals surface area contributed by atoms with Crippen molar-refractivity contribution >= 4 is 5.91 Å². The van der Waals surface area contributed by atoms with Crippen LogP contribution in [0.3, 0.4) is 0 Å². The number of likely N-dealkylation sites (N-methyl/N-ethyl adjacent to an activating group) is 1. The van der Waals surface area contributed by atoms with Crippen molar-refractivity contribution in [1.29, 1.82) is 0 Å². The number of methoxy groups -OCH3 is 1. The molecule has 0 aliphatic heterocycles. The number of nitrogens with zero attached hydrogens (tertiary/aromatic N) is 1. The summed E-state index contributed by atoms with van der Waals surface area (Å²) in [6, 6.07) is 0.493. The molecule has 0 saturated carbocycles. The molecule has 0 heterocycles. The van der Waals surface area contributed by atoms with Crippen LogP contribution in [0.2, 0.25) is 0 Å². The van der Waals surface area contributed by atoms with E-state index in [9.17, 15) is 4.79 Å². The molecule has 0 fully saturated rings. The summed E-state index contributed by atoms with van der Waals surface area (Å²) < 4.78 is 5.04. The van der Waals surface area contributed by atoms with Crippen LogP contribution in [-0.4, -0.2) is 56.7 Å². The van der Waals surface area contributed by atoms with Crippen molar-refractivity contribution in [2.45, 2.75) is 32.4 Å². The summed E-state index contributed by atoms with van der Waals surface area (Å²) in [5.74, 6) is -0.00513. The third-order valence-corrected chi connectivity index (χ3v) is 2.68. The van der Waals surface area contributed by atoms with Gasteiger partial charge < -0.3 is 20.7 Å². The number of rotatable bonds is 8. The third kappa shape index (κ3) is 6.76. The van der Waals surface area contributed by atoms with Gasteiger partial charge in [0.2, 0.25) is 5.91 Å². The first-order valence-electron chi connectivity index (χ1n) is 5.71. The average Bonchev–Trinajstić information content (AvgIpc) is 2.25.